The van der Waals surface area contributed by atoms with Crippen LogP contribution >= 0.6 is 0 Å². The average Bonchev–Trinajstić information content (AvgIpc) is 2.97. The molecule has 0 spiro atoms. The smallest absolute Gasteiger partial charge is 0.251 e. The van der Waals surface area contributed by atoms with E-state index >= 15 is 0 Å². The molecule has 0 aliphatic carbocycles. The van der Waals surface area contributed by atoms with E-state index in [-0.39, 0.29) is 11.9 Å². The second kappa shape index (κ2) is 4.14. The van der Waals surface area contributed by atoms with Gasteiger partial charge in [0.1, 0.15) is 11.0 Å². The van der Waals surface area contributed by atoms with Gasteiger partial charge in [-0.15, -0.1) is 0 Å². The molecule has 0 unspecified atom stereocenters. The fraction of sp³-hybridized carbons (Fsp3) is 0.364. The Morgan fingerprint density at radius 2 is 2.24 bits per heavy atom. The molecule has 1 atom stereocenters. The predicted molar refractivity (Wildman–Crippen MR) is 62.6 cm³/mol. The van der Waals surface area contributed by atoms with Crippen LogP contribution in [0.1, 0.15) is 16.8 Å². The lowest BCUT2D eigenvalue weighted by Crippen LogP contribution is -2.36. The number of nitrogens with one attached hydrogen (secondary N) is 3. The SMILES string of the molecule is O=C(N[C@H]1CCNC1)c1ccc2n[nH]nc2c1. The molecule has 0 saturated carbocycles. The fourth-order valence-electron chi connectivity index (χ4n) is 2.03. The van der Waals surface area contributed by atoms with Crippen LogP contribution in [0.25, 0.3) is 11.0 Å². The molecule has 6 nitrogen and oxygen atoms in total. The van der Waals surface area contributed by atoms with Crippen LogP contribution in [-0.4, -0.2) is 40.4 Å². The Balaban J connectivity index is 1.79. The lowest BCUT2D eigenvalue weighted by Gasteiger charge is -2.10. The molecule has 1 saturated heterocycles. The lowest BCUT2D eigenvalue weighted by molar-refractivity contribution is 0.0940. The molecular formula is C11H13N5O. The maximum Gasteiger partial charge on any atom is 0.251 e. The van der Waals surface area contributed by atoms with Gasteiger partial charge in [-0.3, -0.25) is 4.79 Å². The number of benzene rings is 1. The first-order valence-electron chi connectivity index (χ1n) is 5.65. The van der Waals surface area contributed by atoms with Crippen molar-refractivity contribution in [2.75, 3.05) is 13.1 Å². The molecule has 1 amide bonds. The van der Waals surface area contributed by atoms with Crippen molar-refractivity contribution >= 4 is 16.9 Å². The largest absolute Gasteiger partial charge is 0.348 e. The number of H-pyrrole nitrogens is 1. The molecule has 1 aliphatic heterocycles. The van der Waals surface area contributed by atoms with Gasteiger partial charge in [-0.25, -0.2) is 0 Å². The van der Waals surface area contributed by atoms with Crippen LogP contribution in [0.2, 0.25) is 0 Å². The van der Waals surface area contributed by atoms with Crippen molar-refractivity contribution in [3.8, 4) is 0 Å². The number of rotatable bonds is 2. The minimum atomic E-state index is -0.0522. The standard InChI is InChI=1S/C11H13N5O/c17-11(13-8-3-4-12-6-8)7-1-2-9-10(5-7)15-16-14-9/h1-2,5,8,12H,3-4,6H2,(H,13,17)(H,14,15,16)/t8-/m0/s1. The number of fused-ring (bicyclic) bond motifs is 1. The third kappa shape index (κ3) is 1.99. The zero-order valence-electron chi connectivity index (χ0n) is 9.23. The summed E-state index contributed by atoms with van der Waals surface area (Å²) in [5.74, 6) is -0.0522. The van der Waals surface area contributed by atoms with Gasteiger partial charge in [0.15, 0.2) is 0 Å². The second-order valence-corrected chi connectivity index (χ2v) is 4.19. The Bertz CT molecular complexity index is 544. The van der Waals surface area contributed by atoms with E-state index in [1.165, 1.54) is 0 Å². The van der Waals surface area contributed by atoms with Gasteiger partial charge in [-0.1, -0.05) is 0 Å². The first-order chi connectivity index (χ1) is 8.33. The van der Waals surface area contributed by atoms with Crippen LogP contribution in [0.5, 0.6) is 0 Å². The van der Waals surface area contributed by atoms with Gasteiger partial charge in [0.2, 0.25) is 0 Å². The zero-order valence-corrected chi connectivity index (χ0v) is 9.23. The maximum atomic E-state index is 12.0. The molecule has 6 heteroatoms. The topological polar surface area (TPSA) is 82.7 Å². The summed E-state index contributed by atoms with van der Waals surface area (Å²) in [6.45, 7) is 1.81. The number of nitrogens with zero attached hydrogens (tertiary/aromatic N) is 2. The Morgan fingerprint density at radius 3 is 3.06 bits per heavy atom. The normalized spacial score (nSPS) is 19.6. The average molecular weight is 231 g/mol. The highest BCUT2D eigenvalue weighted by Gasteiger charge is 2.17. The predicted octanol–water partition coefficient (Wildman–Crippen LogP) is 0.0496. The summed E-state index contributed by atoms with van der Waals surface area (Å²) in [7, 11) is 0. The highest BCUT2D eigenvalue weighted by atomic mass is 16.1. The lowest BCUT2D eigenvalue weighted by atomic mass is 10.1. The van der Waals surface area contributed by atoms with Crippen LogP contribution in [0.4, 0.5) is 0 Å². The number of carbonyl (C=O) groups excluding carboxylic acids is 1. The van der Waals surface area contributed by atoms with Crippen molar-refractivity contribution in [2.45, 2.75) is 12.5 Å². The summed E-state index contributed by atoms with van der Waals surface area (Å²) in [5, 5.41) is 16.6. The first kappa shape index (κ1) is 10.2. The molecule has 0 radical (unpaired) electrons. The minimum Gasteiger partial charge on any atom is -0.348 e. The van der Waals surface area contributed by atoms with Crippen LogP contribution in [0.15, 0.2) is 18.2 Å². The van der Waals surface area contributed by atoms with Gasteiger partial charge in [0.25, 0.3) is 5.91 Å². The van der Waals surface area contributed by atoms with Crippen LogP contribution in [-0.2, 0) is 0 Å². The third-order valence-corrected chi connectivity index (χ3v) is 2.97. The van der Waals surface area contributed by atoms with Gasteiger partial charge in [0.05, 0.1) is 0 Å². The van der Waals surface area contributed by atoms with E-state index in [0.29, 0.717) is 11.1 Å². The Hall–Kier alpha value is -1.95. The number of aromatic nitrogens is 3. The van der Waals surface area contributed by atoms with Crippen molar-refractivity contribution in [1.82, 2.24) is 26.0 Å². The van der Waals surface area contributed by atoms with Crippen LogP contribution in [0, 0.1) is 0 Å². The summed E-state index contributed by atoms with van der Waals surface area (Å²) in [5.41, 5.74) is 2.10. The molecule has 1 fully saturated rings. The molecule has 1 aliphatic rings. The van der Waals surface area contributed by atoms with Gasteiger partial charge in [-0.2, -0.15) is 15.4 Å². The molecule has 3 rings (SSSR count). The molecule has 2 aromatic rings. The fourth-order valence-corrected chi connectivity index (χ4v) is 2.03. The highest BCUT2D eigenvalue weighted by Crippen LogP contribution is 2.11. The Labute approximate surface area is 97.8 Å². The summed E-state index contributed by atoms with van der Waals surface area (Å²) >= 11 is 0. The van der Waals surface area contributed by atoms with Crippen LogP contribution in [0.3, 0.4) is 0 Å². The van der Waals surface area contributed by atoms with Crippen molar-refractivity contribution < 1.29 is 4.79 Å². The quantitative estimate of drug-likeness (QED) is 0.682. The number of carbonyl (C=O) groups is 1. The highest BCUT2D eigenvalue weighted by molar-refractivity contribution is 5.97. The molecule has 2 heterocycles. The van der Waals surface area contributed by atoms with E-state index in [2.05, 4.69) is 26.0 Å². The Kier molecular flexibility index (Phi) is 2.49. The minimum absolute atomic E-state index is 0.0522. The van der Waals surface area contributed by atoms with Gasteiger partial charge < -0.3 is 10.6 Å². The van der Waals surface area contributed by atoms with Crippen molar-refractivity contribution in [1.29, 1.82) is 0 Å². The third-order valence-electron chi connectivity index (χ3n) is 2.97. The van der Waals surface area contributed by atoms with E-state index < -0.39 is 0 Å². The zero-order chi connectivity index (χ0) is 11.7. The molecule has 88 valence electrons. The summed E-state index contributed by atoms with van der Waals surface area (Å²) < 4.78 is 0. The van der Waals surface area contributed by atoms with E-state index in [4.69, 9.17) is 0 Å². The van der Waals surface area contributed by atoms with Gasteiger partial charge in [0, 0.05) is 18.2 Å². The molecule has 17 heavy (non-hydrogen) atoms. The number of amides is 1. The molecule has 1 aromatic heterocycles. The van der Waals surface area contributed by atoms with Crippen molar-refractivity contribution in [2.24, 2.45) is 0 Å². The maximum absolute atomic E-state index is 12.0. The van der Waals surface area contributed by atoms with Crippen molar-refractivity contribution in [3.05, 3.63) is 23.8 Å². The number of aromatic amines is 1. The monoisotopic (exact) mass is 231 g/mol. The first-order valence-corrected chi connectivity index (χ1v) is 5.65. The van der Waals surface area contributed by atoms with Crippen molar-refractivity contribution in [3.63, 3.8) is 0 Å². The van der Waals surface area contributed by atoms with Gasteiger partial charge in [-0.05, 0) is 31.2 Å². The summed E-state index contributed by atoms with van der Waals surface area (Å²) in [6.07, 6.45) is 0.984. The number of hydrogen-bond acceptors (Lipinski definition) is 4. The van der Waals surface area contributed by atoms with E-state index in [9.17, 15) is 4.79 Å². The van der Waals surface area contributed by atoms with Crippen LogP contribution < -0.4 is 10.6 Å². The van der Waals surface area contributed by atoms with Gasteiger partial charge >= 0.3 is 0 Å². The van der Waals surface area contributed by atoms with E-state index in [0.717, 1.165) is 25.0 Å². The molecule has 0 bridgehead atoms. The molecular weight excluding hydrogens is 218 g/mol. The summed E-state index contributed by atoms with van der Waals surface area (Å²) in [4.78, 5) is 12.0. The second-order valence-electron chi connectivity index (χ2n) is 4.19. The molecule has 3 N–H and O–H groups in total. The van der Waals surface area contributed by atoms with E-state index in [1.54, 1.807) is 18.2 Å². The summed E-state index contributed by atoms with van der Waals surface area (Å²) in [6, 6.07) is 5.54. The molecule has 1 aromatic carbocycles. The number of hydrogen-bond donors (Lipinski definition) is 3. The Morgan fingerprint density at radius 1 is 1.35 bits per heavy atom. The van der Waals surface area contributed by atoms with E-state index in [1.807, 2.05) is 0 Å².